The quantitative estimate of drug-likeness (QED) is 0.699. The number of hydrogen-bond acceptors (Lipinski definition) is 6. The molecule has 1 aliphatic heterocycles. The molecule has 4 rings (SSSR count). The van der Waals surface area contributed by atoms with Gasteiger partial charge in [0.2, 0.25) is 5.91 Å². The maximum atomic E-state index is 13.0. The molecular formula is C21H29F3N6OS. The van der Waals surface area contributed by atoms with E-state index in [1.165, 1.54) is 12.8 Å². The van der Waals surface area contributed by atoms with Gasteiger partial charge in [-0.15, -0.1) is 5.10 Å². The van der Waals surface area contributed by atoms with Crippen LogP contribution in [0.25, 0.3) is 5.78 Å². The fourth-order valence-electron chi connectivity index (χ4n) is 4.96. The lowest BCUT2D eigenvalue weighted by Gasteiger charge is -2.43. The van der Waals surface area contributed by atoms with Gasteiger partial charge in [-0.25, -0.2) is 9.50 Å². The highest BCUT2D eigenvalue weighted by atomic mass is 32.2. The van der Waals surface area contributed by atoms with Crippen LogP contribution in [0.15, 0.2) is 0 Å². The van der Waals surface area contributed by atoms with Crippen LogP contribution >= 0.6 is 11.8 Å². The number of alkyl halides is 3. The molecule has 2 aromatic heterocycles. The third-order valence-electron chi connectivity index (χ3n) is 6.74. The zero-order valence-corrected chi connectivity index (χ0v) is 19.3. The van der Waals surface area contributed by atoms with Crippen LogP contribution in [0.5, 0.6) is 0 Å². The molecule has 0 bridgehead atoms. The predicted octanol–water partition coefficient (Wildman–Crippen LogP) is 3.17. The summed E-state index contributed by atoms with van der Waals surface area (Å²) in [6.45, 7) is 6.21. The fraction of sp³-hybridized carbons (Fsp3) is 0.714. The number of aromatic nitrogens is 4. The first-order valence-corrected chi connectivity index (χ1v) is 12.2. The topological polar surface area (TPSA) is 75.4 Å². The van der Waals surface area contributed by atoms with Gasteiger partial charge in [0.15, 0.2) is 0 Å². The van der Waals surface area contributed by atoms with Crippen molar-refractivity contribution in [1.29, 1.82) is 0 Å². The average Bonchev–Trinajstić information content (AvgIpc) is 3.41. The van der Waals surface area contributed by atoms with Crippen molar-refractivity contribution in [2.24, 2.45) is 0 Å². The number of rotatable bonds is 6. The minimum absolute atomic E-state index is 0.0453. The van der Waals surface area contributed by atoms with Crippen molar-refractivity contribution in [1.82, 2.24) is 29.8 Å². The van der Waals surface area contributed by atoms with Gasteiger partial charge in [0, 0.05) is 54.5 Å². The Morgan fingerprint density at radius 1 is 1.16 bits per heavy atom. The van der Waals surface area contributed by atoms with Gasteiger partial charge in [0.1, 0.15) is 0 Å². The minimum atomic E-state index is -4.63. The number of fused-ring (bicyclic) bond motifs is 1. The van der Waals surface area contributed by atoms with E-state index in [1.54, 1.807) is 13.8 Å². The molecule has 7 nitrogen and oxygen atoms in total. The number of halogens is 3. The van der Waals surface area contributed by atoms with E-state index in [-0.39, 0.29) is 23.6 Å². The van der Waals surface area contributed by atoms with E-state index in [4.69, 9.17) is 0 Å². The second-order valence-corrected chi connectivity index (χ2v) is 9.94. The molecule has 0 spiro atoms. The van der Waals surface area contributed by atoms with Gasteiger partial charge in [-0.3, -0.25) is 9.69 Å². The van der Waals surface area contributed by atoms with Crippen molar-refractivity contribution >= 4 is 23.4 Å². The van der Waals surface area contributed by atoms with E-state index in [1.807, 2.05) is 11.8 Å². The van der Waals surface area contributed by atoms with Crippen molar-refractivity contribution in [2.75, 3.05) is 31.1 Å². The summed E-state index contributed by atoms with van der Waals surface area (Å²) in [5.74, 6) is 0.948. The molecule has 2 aliphatic rings. The van der Waals surface area contributed by atoms with Crippen LogP contribution in [0.1, 0.15) is 54.9 Å². The Balaban J connectivity index is 1.41. The van der Waals surface area contributed by atoms with E-state index < -0.39 is 12.0 Å². The SMILES string of the molecule is Cc1nc2nc(C(F)(F)F)nn2c(C)c1CCC(=O)NCC1(N2CCSCC2)CCCC1. The van der Waals surface area contributed by atoms with Crippen molar-refractivity contribution in [3.05, 3.63) is 22.8 Å². The van der Waals surface area contributed by atoms with Crippen LogP contribution in [-0.4, -0.2) is 67.1 Å². The second kappa shape index (κ2) is 9.17. The molecule has 1 saturated heterocycles. The number of aryl methyl sites for hydroxylation is 2. The minimum Gasteiger partial charge on any atom is -0.354 e. The summed E-state index contributed by atoms with van der Waals surface area (Å²) in [6, 6.07) is 0. The van der Waals surface area contributed by atoms with Crippen LogP contribution in [0, 0.1) is 13.8 Å². The van der Waals surface area contributed by atoms with Gasteiger partial charge in [0.25, 0.3) is 11.6 Å². The Hall–Kier alpha value is -1.88. The van der Waals surface area contributed by atoms with Gasteiger partial charge in [0.05, 0.1) is 0 Å². The van der Waals surface area contributed by atoms with Gasteiger partial charge < -0.3 is 5.32 Å². The Morgan fingerprint density at radius 3 is 2.50 bits per heavy atom. The number of nitrogens with zero attached hydrogens (tertiary/aromatic N) is 5. The Labute approximate surface area is 189 Å². The lowest BCUT2D eigenvalue weighted by molar-refractivity contribution is -0.144. The van der Waals surface area contributed by atoms with Gasteiger partial charge >= 0.3 is 6.18 Å². The molecule has 2 fully saturated rings. The fourth-order valence-corrected chi connectivity index (χ4v) is 5.86. The van der Waals surface area contributed by atoms with Gasteiger partial charge in [-0.1, -0.05) is 12.8 Å². The number of hydrogen-bond donors (Lipinski definition) is 1. The van der Waals surface area contributed by atoms with Crippen molar-refractivity contribution in [3.8, 4) is 0 Å². The summed E-state index contributed by atoms with van der Waals surface area (Å²) in [4.78, 5) is 22.9. The van der Waals surface area contributed by atoms with Crippen molar-refractivity contribution in [3.63, 3.8) is 0 Å². The first kappa shape index (κ1) is 23.3. The zero-order valence-electron chi connectivity index (χ0n) is 18.5. The third kappa shape index (κ3) is 4.73. The second-order valence-electron chi connectivity index (χ2n) is 8.71. The van der Waals surface area contributed by atoms with Crippen LogP contribution in [0.2, 0.25) is 0 Å². The third-order valence-corrected chi connectivity index (χ3v) is 7.68. The Morgan fingerprint density at radius 2 is 1.84 bits per heavy atom. The molecule has 2 aromatic rings. The van der Waals surface area contributed by atoms with E-state index in [0.29, 0.717) is 24.4 Å². The largest absolute Gasteiger partial charge is 0.453 e. The number of carbonyl (C=O) groups excluding carboxylic acids is 1. The molecule has 0 unspecified atom stereocenters. The number of carbonyl (C=O) groups is 1. The normalized spacial score (nSPS) is 19.5. The highest BCUT2D eigenvalue weighted by molar-refractivity contribution is 7.99. The molecule has 0 aromatic carbocycles. The highest BCUT2D eigenvalue weighted by Crippen LogP contribution is 2.36. The van der Waals surface area contributed by atoms with Gasteiger partial charge in [-0.05, 0) is 38.7 Å². The predicted molar refractivity (Wildman–Crippen MR) is 117 cm³/mol. The zero-order chi connectivity index (χ0) is 22.9. The first-order chi connectivity index (χ1) is 15.2. The number of amides is 1. The summed E-state index contributed by atoms with van der Waals surface area (Å²) in [5.41, 5.74) is 1.90. The molecule has 1 aliphatic carbocycles. The van der Waals surface area contributed by atoms with E-state index in [9.17, 15) is 18.0 Å². The molecule has 11 heteroatoms. The summed E-state index contributed by atoms with van der Waals surface area (Å²) in [7, 11) is 0. The monoisotopic (exact) mass is 470 g/mol. The van der Waals surface area contributed by atoms with Crippen molar-refractivity contribution < 1.29 is 18.0 Å². The standard InChI is InChI=1S/C21H29F3N6OS/c1-14-16(15(2)30-19(26-14)27-18(28-30)21(22,23)24)5-6-17(31)25-13-20(7-3-4-8-20)29-9-11-32-12-10-29/h3-13H2,1-2H3,(H,25,31). The molecule has 176 valence electrons. The summed E-state index contributed by atoms with van der Waals surface area (Å²) >= 11 is 1.98. The van der Waals surface area contributed by atoms with E-state index in [0.717, 1.165) is 47.5 Å². The molecule has 1 saturated carbocycles. The molecular weight excluding hydrogens is 441 g/mol. The van der Waals surface area contributed by atoms with E-state index >= 15 is 0 Å². The highest BCUT2D eigenvalue weighted by Gasteiger charge is 2.40. The number of thioether (sulfide) groups is 1. The molecule has 3 heterocycles. The first-order valence-electron chi connectivity index (χ1n) is 11.1. The smallest absolute Gasteiger partial charge is 0.354 e. The Kier molecular flexibility index (Phi) is 6.67. The van der Waals surface area contributed by atoms with Gasteiger partial charge in [-0.2, -0.15) is 29.9 Å². The Bertz CT molecular complexity index is 980. The lowest BCUT2D eigenvalue weighted by Crippen LogP contribution is -2.56. The summed E-state index contributed by atoms with van der Waals surface area (Å²) < 4.78 is 40.0. The molecule has 0 radical (unpaired) electrons. The molecule has 32 heavy (non-hydrogen) atoms. The summed E-state index contributed by atoms with van der Waals surface area (Å²) in [6.07, 6.45) is 0.637. The number of nitrogens with one attached hydrogen (secondary N) is 1. The average molecular weight is 471 g/mol. The molecule has 1 amide bonds. The molecule has 0 atom stereocenters. The summed E-state index contributed by atoms with van der Waals surface area (Å²) in [5, 5.41) is 6.71. The lowest BCUT2D eigenvalue weighted by atomic mass is 9.94. The molecule has 1 N–H and O–H groups in total. The van der Waals surface area contributed by atoms with E-state index in [2.05, 4.69) is 25.3 Å². The van der Waals surface area contributed by atoms with Crippen LogP contribution < -0.4 is 5.32 Å². The van der Waals surface area contributed by atoms with Crippen LogP contribution in [0.3, 0.4) is 0 Å². The maximum Gasteiger partial charge on any atom is 0.453 e. The van der Waals surface area contributed by atoms with Crippen LogP contribution in [0.4, 0.5) is 13.2 Å². The van der Waals surface area contributed by atoms with Crippen LogP contribution in [-0.2, 0) is 17.4 Å². The van der Waals surface area contributed by atoms with Crippen molar-refractivity contribution in [2.45, 2.75) is 64.1 Å². The maximum absolute atomic E-state index is 13.0.